The Kier molecular flexibility index (Phi) is 5.86. The maximum atomic E-state index is 9.73. The minimum Gasteiger partial charge on any atom is -0.393 e. The lowest BCUT2D eigenvalue weighted by atomic mass is 9.98. The van der Waals surface area contributed by atoms with E-state index in [2.05, 4.69) is 18.2 Å². The Labute approximate surface area is 90.8 Å². The molecule has 1 heterocycles. The van der Waals surface area contributed by atoms with Crippen LogP contribution in [0.1, 0.15) is 6.42 Å². The fourth-order valence-electron chi connectivity index (χ4n) is 1.70. The second-order valence-corrected chi connectivity index (χ2v) is 4.93. The number of rotatable bonds is 5. The van der Waals surface area contributed by atoms with E-state index in [1.807, 2.05) is 11.8 Å². The predicted molar refractivity (Wildman–Crippen MR) is 60.8 cm³/mol. The third-order valence-electron chi connectivity index (χ3n) is 2.66. The SMILES string of the molecule is CSCCN(C)CC1COCCC1O. The first-order valence-electron chi connectivity index (χ1n) is 5.17. The number of ether oxygens (including phenoxy) is 1. The van der Waals surface area contributed by atoms with Crippen LogP contribution in [-0.4, -0.2) is 61.5 Å². The Morgan fingerprint density at radius 1 is 1.57 bits per heavy atom. The standard InChI is InChI=1S/C10H21NO2S/c1-11(4-6-14-2)7-9-8-13-5-3-10(9)12/h9-10,12H,3-8H2,1-2H3. The molecule has 0 aromatic heterocycles. The van der Waals surface area contributed by atoms with Crippen molar-refractivity contribution < 1.29 is 9.84 Å². The van der Waals surface area contributed by atoms with E-state index in [0.29, 0.717) is 19.1 Å². The Balaban J connectivity index is 2.20. The van der Waals surface area contributed by atoms with Crippen LogP contribution in [0.25, 0.3) is 0 Å². The molecule has 0 spiro atoms. The zero-order chi connectivity index (χ0) is 10.4. The lowest BCUT2D eigenvalue weighted by Crippen LogP contribution is -2.40. The lowest BCUT2D eigenvalue weighted by molar-refractivity contribution is -0.0440. The van der Waals surface area contributed by atoms with E-state index < -0.39 is 0 Å². The van der Waals surface area contributed by atoms with Crippen LogP contribution in [0.15, 0.2) is 0 Å². The molecule has 0 amide bonds. The van der Waals surface area contributed by atoms with Gasteiger partial charge in [0.25, 0.3) is 0 Å². The molecule has 0 saturated carbocycles. The summed E-state index contributed by atoms with van der Waals surface area (Å²) in [6.07, 6.45) is 2.74. The molecule has 0 radical (unpaired) electrons. The number of nitrogens with zero attached hydrogens (tertiary/aromatic N) is 1. The third-order valence-corrected chi connectivity index (χ3v) is 3.25. The van der Waals surface area contributed by atoms with Gasteiger partial charge in [-0.3, -0.25) is 0 Å². The maximum Gasteiger partial charge on any atom is 0.0624 e. The van der Waals surface area contributed by atoms with Gasteiger partial charge in [0.15, 0.2) is 0 Å². The van der Waals surface area contributed by atoms with Crippen LogP contribution in [0.4, 0.5) is 0 Å². The first-order valence-corrected chi connectivity index (χ1v) is 6.56. The topological polar surface area (TPSA) is 32.7 Å². The van der Waals surface area contributed by atoms with E-state index >= 15 is 0 Å². The Morgan fingerprint density at radius 3 is 3.00 bits per heavy atom. The lowest BCUT2D eigenvalue weighted by Gasteiger charge is -2.31. The van der Waals surface area contributed by atoms with Gasteiger partial charge in [-0.15, -0.1) is 0 Å². The highest BCUT2D eigenvalue weighted by atomic mass is 32.2. The van der Waals surface area contributed by atoms with E-state index in [0.717, 1.165) is 25.3 Å². The van der Waals surface area contributed by atoms with Crippen LogP contribution in [0.5, 0.6) is 0 Å². The number of aliphatic hydroxyl groups is 1. The molecule has 2 atom stereocenters. The molecule has 3 nitrogen and oxygen atoms in total. The average Bonchev–Trinajstić information content (AvgIpc) is 2.18. The summed E-state index contributed by atoms with van der Waals surface area (Å²) in [7, 11) is 2.11. The smallest absolute Gasteiger partial charge is 0.0624 e. The molecule has 0 aromatic carbocycles. The zero-order valence-electron chi connectivity index (χ0n) is 9.11. The van der Waals surface area contributed by atoms with Crippen molar-refractivity contribution in [2.45, 2.75) is 12.5 Å². The van der Waals surface area contributed by atoms with E-state index in [9.17, 15) is 5.11 Å². The fraction of sp³-hybridized carbons (Fsp3) is 1.00. The van der Waals surface area contributed by atoms with Crippen molar-refractivity contribution in [3.8, 4) is 0 Å². The van der Waals surface area contributed by atoms with Crippen molar-refractivity contribution >= 4 is 11.8 Å². The van der Waals surface area contributed by atoms with Gasteiger partial charge in [0.2, 0.25) is 0 Å². The van der Waals surface area contributed by atoms with Crippen molar-refractivity contribution in [1.29, 1.82) is 0 Å². The van der Waals surface area contributed by atoms with Gasteiger partial charge >= 0.3 is 0 Å². The highest BCUT2D eigenvalue weighted by molar-refractivity contribution is 7.98. The Bertz CT molecular complexity index is 157. The van der Waals surface area contributed by atoms with Crippen LogP contribution in [0.3, 0.4) is 0 Å². The second-order valence-electron chi connectivity index (χ2n) is 3.95. The first kappa shape index (κ1) is 12.3. The van der Waals surface area contributed by atoms with Crippen molar-refractivity contribution in [2.24, 2.45) is 5.92 Å². The molecule has 1 fully saturated rings. The molecule has 2 unspecified atom stereocenters. The van der Waals surface area contributed by atoms with Crippen LogP contribution < -0.4 is 0 Å². The third kappa shape index (κ3) is 4.17. The van der Waals surface area contributed by atoms with E-state index in [4.69, 9.17) is 4.74 Å². The maximum absolute atomic E-state index is 9.73. The number of aliphatic hydroxyl groups excluding tert-OH is 1. The van der Waals surface area contributed by atoms with E-state index in [1.54, 1.807) is 0 Å². The van der Waals surface area contributed by atoms with Gasteiger partial charge in [0, 0.05) is 31.4 Å². The van der Waals surface area contributed by atoms with Crippen molar-refractivity contribution in [3.05, 3.63) is 0 Å². The van der Waals surface area contributed by atoms with Crippen LogP contribution in [0.2, 0.25) is 0 Å². The zero-order valence-corrected chi connectivity index (χ0v) is 9.92. The minimum absolute atomic E-state index is 0.166. The molecular weight excluding hydrogens is 198 g/mol. The number of hydrogen-bond donors (Lipinski definition) is 1. The molecule has 0 aliphatic carbocycles. The Morgan fingerprint density at radius 2 is 2.36 bits per heavy atom. The first-order chi connectivity index (χ1) is 6.74. The van der Waals surface area contributed by atoms with Gasteiger partial charge in [-0.25, -0.2) is 0 Å². The summed E-state index contributed by atoms with van der Waals surface area (Å²) in [5.41, 5.74) is 0. The normalized spacial score (nSPS) is 28.3. The van der Waals surface area contributed by atoms with Gasteiger partial charge in [-0.2, -0.15) is 11.8 Å². The molecule has 1 saturated heterocycles. The molecule has 0 bridgehead atoms. The van der Waals surface area contributed by atoms with Crippen LogP contribution in [0, 0.1) is 5.92 Å². The predicted octanol–water partition coefficient (Wildman–Crippen LogP) is 0.679. The Hall–Kier alpha value is 0.230. The summed E-state index contributed by atoms with van der Waals surface area (Å²) in [6.45, 7) is 3.46. The summed E-state index contributed by atoms with van der Waals surface area (Å²) in [6, 6.07) is 0. The van der Waals surface area contributed by atoms with Crippen LogP contribution >= 0.6 is 11.8 Å². The van der Waals surface area contributed by atoms with Gasteiger partial charge in [0.05, 0.1) is 12.7 Å². The summed E-state index contributed by atoms with van der Waals surface area (Å²) >= 11 is 1.86. The molecule has 0 aromatic rings. The summed E-state index contributed by atoms with van der Waals surface area (Å²) in [5.74, 6) is 1.45. The fourth-order valence-corrected chi connectivity index (χ4v) is 2.19. The van der Waals surface area contributed by atoms with Gasteiger partial charge in [0.1, 0.15) is 0 Å². The summed E-state index contributed by atoms with van der Waals surface area (Å²) in [4.78, 5) is 2.28. The summed E-state index contributed by atoms with van der Waals surface area (Å²) < 4.78 is 5.37. The second kappa shape index (κ2) is 6.67. The van der Waals surface area contributed by atoms with E-state index in [1.165, 1.54) is 0 Å². The molecule has 1 N–H and O–H groups in total. The van der Waals surface area contributed by atoms with Gasteiger partial charge in [-0.05, 0) is 19.7 Å². The molecule has 4 heteroatoms. The quantitative estimate of drug-likeness (QED) is 0.737. The molecule has 1 aliphatic rings. The van der Waals surface area contributed by atoms with E-state index in [-0.39, 0.29) is 6.10 Å². The highest BCUT2D eigenvalue weighted by Crippen LogP contribution is 2.15. The molecule has 1 aliphatic heterocycles. The molecule has 1 rings (SSSR count). The van der Waals surface area contributed by atoms with Gasteiger partial charge < -0.3 is 14.7 Å². The molecule has 14 heavy (non-hydrogen) atoms. The largest absolute Gasteiger partial charge is 0.393 e. The van der Waals surface area contributed by atoms with Crippen LogP contribution in [-0.2, 0) is 4.74 Å². The number of thioether (sulfide) groups is 1. The minimum atomic E-state index is -0.166. The van der Waals surface area contributed by atoms with Gasteiger partial charge in [-0.1, -0.05) is 0 Å². The average molecular weight is 219 g/mol. The number of hydrogen-bond acceptors (Lipinski definition) is 4. The summed E-state index contributed by atoms with van der Waals surface area (Å²) in [5, 5.41) is 9.73. The molecule has 84 valence electrons. The van der Waals surface area contributed by atoms with Crippen molar-refractivity contribution in [2.75, 3.05) is 45.4 Å². The van der Waals surface area contributed by atoms with Crippen molar-refractivity contribution in [1.82, 2.24) is 4.90 Å². The monoisotopic (exact) mass is 219 g/mol. The molecular formula is C10H21NO2S. The van der Waals surface area contributed by atoms with Crippen molar-refractivity contribution in [3.63, 3.8) is 0 Å². The highest BCUT2D eigenvalue weighted by Gasteiger charge is 2.24.